The molecule has 5 heterocycles. The van der Waals surface area contributed by atoms with E-state index in [1.165, 1.54) is 16.7 Å². The molecule has 2 aliphatic rings. The van der Waals surface area contributed by atoms with Gasteiger partial charge in [0.1, 0.15) is 17.4 Å². The highest BCUT2D eigenvalue weighted by molar-refractivity contribution is 6.04. The van der Waals surface area contributed by atoms with Gasteiger partial charge in [0, 0.05) is 63.5 Å². The number of imidazole rings is 1. The average Bonchev–Trinajstić information content (AvgIpc) is 3.68. The summed E-state index contributed by atoms with van der Waals surface area (Å²) in [6.45, 7) is 10.5. The van der Waals surface area contributed by atoms with Crippen molar-refractivity contribution in [3.8, 4) is 0 Å². The highest BCUT2D eigenvalue weighted by Gasteiger charge is 2.34. The number of aryl methyl sites for hydroxylation is 2. The molecule has 13 nitrogen and oxygen atoms in total. The predicted molar refractivity (Wildman–Crippen MR) is 207 cm³/mol. The molecular weight excluding hydrogens is 727 g/mol. The lowest BCUT2D eigenvalue weighted by atomic mass is 9.99. The lowest BCUT2D eigenvalue weighted by Crippen LogP contribution is -2.47. The molecule has 7 rings (SSSR count). The Kier molecular flexibility index (Phi) is 10.8. The van der Waals surface area contributed by atoms with E-state index < -0.39 is 29.7 Å². The van der Waals surface area contributed by atoms with Crippen LogP contribution in [0.3, 0.4) is 0 Å². The van der Waals surface area contributed by atoms with E-state index >= 15 is 0 Å². The van der Waals surface area contributed by atoms with Gasteiger partial charge in [-0.1, -0.05) is 26.0 Å². The number of fused-ring (bicyclic) bond motifs is 2. The van der Waals surface area contributed by atoms with E-state index in [9.17, 15) is 32.3 Å². The maximum Gasteiger partial charge on any atom is 0.433 e. The molecule has 2 fully saturated rings. The topological polar surface area (TPSA) is 139 Å². The van der Waals surface area contributed by atoms with Crippen molar-refractivity contribution >= 4 is 51.0 Å². The van der Waals surface area contributed by atoms with Gasteiger partial charge in [-0.2, -0.15) is 18.3 Å². The lowest BCUT2D eigenvalue weighted by molar-refractivity contribution is -0.141. The summed E-state index contributed by atoms with van der Waals surface area (Å²) in [5.41, 5.74) is 2.69. The molecule has 2 saturated heterocycles. The van der Waals surface area contributed by atoms with Gasteiger partial charge in [-0.25, -0.2) is 9.78 Å². The van der Waals surface area contributed by atoms with Crippen molar-refractivity contribution in [1.29, 1.82) is 0 Å². The normalized spacial score (nSPS) is 18.1. The zero-order valence-corrected chi connectivity index (χ0v) is 31.9. The van der Waals surface area contributed by atoms with Crippen LogP contribution in [0.2, 0.25) is 0 Å². The molecule has 5 aromatic rings. The molecule has 0 saturated carbocycles. The van der Waals surface area contributed by atoms with Gasteiger partial charge in [0.05, 0.1) is 28.3 Å². The van der Waals surface area contributed by atoms with Gasteiger partial charge in [0.2, 0.25) is 11.8 Å². The van der Waals surface area contributed by atoms with Crippen molar-refractivity contribution in [3.63, 3.8) is 0 Å². The molecule has 3 atom stereocenters. The van der Waals surface area contributed by atoms with Gasteiger partial charge in [-0.15, -0.1) is 0 Å². The number of aromatic nitrogens is 5. The standard InChI is InChI=1S/C40H46F3N9O4/c1-5-27(51-23-26-21-29(25(3)20-30(26)47-51)45-37(54)28-8-6-11-34(44-28)40(41,42)43)13-12-24(2)22-49-16-18-50(19-17-49)31-9-7-10-32-36(31)48(4)39(56)52(32)33-14-15-35(53)46-38(33)55/h6-11,20-21,23-24,27,33H,5,12-19,22H2,1-4H3,(H,45,54)(H,46,53,55)/t24-,27-,33?/m1/s1. The molecule has 0 bridgehead atoms. The number of rotatable bonds is 11. The zero-order chi connectivity index (χ0) is 39.9. The number of carbonyl (C=O) groups excluding carboxylic acids is 3. The first kappa shape index (κ1) is 38.8. The lowest BCUT2D eigenvalue weighted by Gasteiger charge is -2.37. The number of hydrogen-bond donors (Lipinski definition) is 2. The van der Waals surface area contributed by atoms with Crippen LogP contribution in [0.15, 0.2) is 59.5 Å². The summed E-state index contributed by atoms with van der Waals surface area (Å²) in [7, 11) is 1.73. The maximum absolute atomic E-state index is 13.4. The number of alkyl halides is 3. The molecule has 0 aliphatic carbocycles. The Labute approximate surface area is 321 Å². The third kappa shape index (κ3) is 7.79. The van der Waals surface area contributed by atoms with Crippen molar-refractivity contribution in [1.82, 2.24) is 34.1 Å². The first-order valence-electron chi connectivity index (χ1n) is 19.1. The number of hydrogen-bond acceptors (Lipinski definition) is 8. The summed E-state index contributed by atoms with van der Waals surface area (Å²) < 4.78 is 44.6. The number of nitrogens with zero attached hydrogens (tertiary/aromatic N) is 7. The molecular formula is C40H46F3N9O4. The number of nitrogens with one attached hydrogen (secondary N) is 2. The van der Waals surface area contributed by atoms with Gasteiger partial charge in [0.15, 0.2) is 0 Å². The van der Waals surface area contributed by atoms with Gasteiger partial charge >= 0.3 is 11.9 Å². The maximum atomic E-state index is 13.4. The predicted octanol–water partition coefficient (Wildman–Crippen LogP) is 5.83. The van der Waals surface area contributed by atoms with E-state index in [0.717, 1.165) is 85.7 Å². The van der Waals surface area contributed by atoms with Crippen molar-refractivity contribution in [2.24, 2.45) is 13.0 Å². The first-order valence-corrected chi connectivity index (χ1v) is 19.1. The summed E-state index contributed by atoms with van der Waals surface area (Å²) in [4.78, 5) is 59.0. The Bertz CT molecular complexity index is 2360. The third-order valence-electron chi connectivity index (χ3n) is 11.1. The fourth-order valence-corrected chi connectivity index (χ4v) is 8.03. The second-order valence-electron chi connectivity index (χ2n) is 15.1. The number of anilines is 2. The largest absolute Gasteiger partial charge is 0.433 e. The molecule has 0 spiro atoms. The molecule has 3 aromatic heterocycles. The Morgan fingerprint density at radius 1 is 1.04 bits per heavy atom. The highest BCUT2D eigenvalue weighted by Crippen LogP contribution is 2.32. The van der Waals surface area contributed by atoms with Gasteiger partial charge in [-0.05, 0) is 80.5 Å². The number of carbonyl (C=O) groups is 3. The molecule has 16 heteroatoms. The molecule has 3 amide bonds. The molecule has 56 heavy (non-hydrogen) atoms. The summed E-state index contributed by atoms with van der Waals surface area (Å²) in [6, 6.07) is 12.1. The van der Waals surface area contributed by atoms with Crippen molar-refractivity contribution in [2.75, 3.05) is 42.9 Å². The molecule has 2 aliphatic heterocycles. The highest BCUT2D eigenvalue weighted by atomic mass is 19.4. The van der Waals surface area contributed by atoms with Crippen molar-refractivity contribution in [2.45, 2.75) is 71.1 Å². The Morgan fingerprint density at radius 2 is 1.79 bits per heavy atom. The van der Waals surface area contributed by atoms with Gasteiger partial charge in [-0.3, -0.25) is 38.4 Å². The van der Waals surface area contributed by atoms with Crippen LogP contribution in [0.1, 0.15) is 79.8 Å². The van der Waals surface area contributed by atoms with E-state index in [1.54, 1.807) is 17.7 Å². The molecule has 2 N–H and O–H groups in total. The van der Waals surface area contributed by atoms with Crippen molar-refractivity contribution < 1.29 is 27.6 Å². The van der Waals surface area contributed by atoms with E-state index in [4.69, 9.17) is 5.10 Å². The fourth-order valence-electron chi connectivity index (χ4n) is 8.03. The van der Waals surface area contributed by atoms with Crippen LogP contribution < -0.4 is 21.2 Å². The average molecular weight is 774 g/mol. The zero-order valence-electron chi connectivity index (χ0n) is 31.9. The van der Waals surface area contributed by atoms with Crippen molar-refractivity contribution in [3.05, 3.63) is 82.2 Å². The Hall–Kier alpha value is -5.51. The van der Waals surface area contributed by atoms with E-state index in [1.807, 2.05) is 42.1 Å². The molecule has 2 aromatic carbocycles. The minimum absolute atomic E-state index is 0.161. The number of piperidine rings is 1. The quantitative estimate of drug-likeness (QED) is 0.160. The van der Waals surface area contributed by atoms with Crippen LogP contribution in [-0.2, 0) is 22.8 Å². The smallest absolute Gasteiger partial charge is 0.367 e. The van der Waals surface area contributed by atoms with Crippen LogP contribution in [-0.4, -0.2) is 79.2 Å². The molecule has 1 unspecified atom stereocenters. The fraction of sp³-hybridized carbons (Fsp3) is 0.450. The number of amides is 3. The summed E-state index contributed by atoms with van der Waals surface area (Å²) in [5, 5.41) is 10.8. The van der Waals surface area contributed by atoms with Crippen LogP contribution in [0.4, 0.5) is 24.5 Å². The molecule has 0 radical (unpaired) electrons. The third-order valence-corrected chi connectivity index (χ3v) is 11.1. The second-order valence-corrected chi connectivity index (χ2v) is 15.1. The second kappa shape index (κ2) is 15.6. The van der Waals surface area contributed by atoms with E-state index in [2.05, 4.69) is 39.3 Å². The number of imide groups is 1. The van der Waals surface area contributed by atoms with Crippen LogP contribution in [0.5, 0.6) is 0 Å². The Morgan fingerprint density at radius 3 is 2.50 bits per heavy atom. The molecule has 296 valence electrons. The van der Waals surface area contributed by atoms with E-state index in [-0.39, 0.29) is 29.8 Å². The summed E-state index contributed by atoms with van der Waals surface area (Å²) in [5.74, 6) is -1.06. The van der Waals surface area contributed by atoms with Crippen LogP contribution in [0.25, 0.3) is 21.9 Å². The minimum Gasteiger partial charge on any atom is -0.367 e. The van der Waals surface area contributed by atoms with E-state index in [0.29, 0.717) is 23.5 Å². The minimum atomic E-state index is -4.65. The first-order chi connectivity index (χ1) is 26.7. The summed E-state index contributed by atoms with van der Waals surface area (Å²) in [6.07, 6.45) is 0.591. The number of para-hydroxylation sites is 1. The number of pyridine rings is 1. The number of piperazine rings is 1. The summed E-state index contributed by atoms with van der Waals surface area (Å²) >= 11 is 0. The number of benzene rings is 2. The van der Waals surface area contributed by atoms with Gasteiger partial charge < -0.3 is 10.2 Å². The van der Waals surface area contributed by atoms with Crippen LogP contribution >= 0.6 is 0 Å². The Balaban J connectivity index is 0.951. The van der Waals surface area contributed by atoms with Gasteiger partial charge in [0.25, 0.3) is 5.91 Å². The monoisotopic (exact) mass is 773 g/mol. The van der Waals surface area contributed by atoms with Crippen LogP contribution in [0, 0.1) is 12.8 Å². The number of halogens is 3. The SMILES string of the molecule is CC[C@H](CC[C@@H](C)CN1CCN(c2cccc3c2n(C)c(=O)n3C2CCC(=O)NC2=O)CC1)n1cc2cc(NC(=O)c3cccc(C(F)(F)F)n3)c(C)cc2n1.